The molecule has 6 aromatic carbocycles. The first kappa shape index (κ1) is 45.7. The van der Waals surface area contributed by atoms with E-state index in [2.05, 4.69) is 249 Å². The fourth-order valence-corrected chi connectivity index (χ4v) is 8.54. The number of anilines is 2. The number of pyridine rings is 1. The Bertz CT molecular complexity index is 3000. The molecule has 0 N–H and O–H groups in total. The Morgan fingerprint density at radius 2 is 1.15 bits per heavy atom. The van der Waals surface area contributed by atoms with Crippen molar-refractivity contribution < 1.29 is 25.8 Å². The summed E-state index contributed by atoms with van der Waals surface area (Å²) in [4.78, 5) is 9.30. The van der Waals surface area contributed by atoms with Crippen LogP contribution in [0.1, 0.15) is 104 Å². The molecular weight excluding hydrogens is 976 g/mol. The third kappa shape index (κ3) is 9.18. The molecule has 3 heterocycles. The molecule has 0 fully saturated rings. The number of rotatable bonds is 8. The second-order valence-electron chi connectivity index (χ2n) is 20.9. The molecule has 1 aliphatic heterocycles. The van der Waals surface area contributed by atoms with Crippen LogP contribution in [0, 0.1) is 18.8 Å². The van der Waals surface area contributed by atoms with E-state index in [1.165, 1.54) is 27.8 Å². The molecule has 0 unspecified atom stereocenters. The Kier molecular flexibility index (Phi) is 12.0. The Morgan fingerprint density at radius 3 is 1.82 bits per heavy atom. The molecule has 0 saturated carbocycles. The predicted octanol–water partition coefficient (Wildman–Crippen LogP) is 15.4. The Labute approximate surface area is 401 Å². The number of nitrogens with zero attached hydrogens (tertiary/aromatic N) is 4. The zero-order valence-corrected chi connectivity index (χ0v) is 41.8. The molecule has 334 valence electrons. The molecule has 9 rings (SSSR count). The number of ether oxygens (including phenoxy) is 1. The summed E-state index contributed by atoms with van der Waals surface area (Å²) >= 11 is 0. The van der Waals surface area contributed by atoms with Gasteiger partial charge < -0.3 is 19.1 Å². The number of hydrogen-bond donors (Lipinski definition) is 0. The zero-order valence-electron chi connectivity index (χ0n) is 39.5. The quantitative estimate of drug-likeness (QED) is 0.142. The van der Waals surface area contributed by atoms with Crippen molar-refractivity contribution in [3.63, 3.8) is 0 Å². The Balaban J connectivity index is 0.00000576. The molecule has 65 heavy (non-hydrogen) atoms. The van der Waals surface area contributed by atoms with Crippen LogP contribution >= 0.6 is 0 Å². The van der Waals surface area contributed by atoms with Crippen molar-refractivity contribution in [2.75, 3.05) is 9.80 Å². The Hall–Kier alpha value is -5.90. The number of benzene rings is 6. The monoisotopic (exact) mass is 1030 g/mol. The van der Waals surface area contributed by atoms with Crippen LogP contribution < -0.4 is 14.5 Å². The minimum Gasteiger partial charge on any atom is -0.509 e. The van der Waals surface area contributed by atoms with Crippen molar-refractivity contribution in [3.8, 4) is 28.4 Å². The van der Waals surface area contributed by atoms with Crippen molar-refractivity contribution in [1.29, 1.82) is 0 Å². The van der Waals surface area contributed by atoms with Crippen LogP contribution in [0.5, 0.6) is 11.5 Å². The van der Waals surface area contributed by atoms with Crippen LogP contribution in [0.15, 0.2) is 152 Å². The van der Waals surface area contributed by atoms with Crippen LogP contribution in [0.3, 0.4) is 0 Å². The normalized spacial score (nSPS) is 13.5. The molecule has 0 atom stereocenters. The van der Waals surface area contributed by atoms with Crippen molar-refractivity contribution in [3.05, 3.63) is 199 Å². The smallest absolute Gasteiger partial charge is 0.135 e. The van der Waals surface area contributed by atoms with E-state index < -0.39 is 0 Å². The van der Waals surface area contributed by atoms with E-state index in [1.54, 1.807) is 0 Å². The van der Waals surface area contributed by atoms with Crippen molar-refractivity contribution >= 4 is 33.2 Å². The van der Waals surface area contributed by atoms with E-state index in [-0.39, 0.29) is 42.7 Å². The second-order valence-corrected chi connectivity index (χ2v) is 20.9. The molecule has 0 bridgehead atoms. The molecule has 0 radical (unpaired) electrons. The minimum atomic E-state index is -0.338. The van der Waals surface area contributed by atoms with Gasteiger partial charge in [0.1, 0.15) is 5.82 Å². The largest absolute Gasteiger partial charge is 0.509 e. The van der Waals surface area contributed by atoms with Crippen molar-refractivity contribution in [1.82, 2.24) is 9.55 Å². The van der Waals surface area contributed by atoms with Gasteiger partial charge in [-0.05, 0) is 103 Å². The summed E-state index contributed by atoms with van der Waals surface area (Å²) in [5.41, 5.74) is 12.1. The standard InChI is InChI=1S/C59H59N4O.Pt/c1-56(2,3)43-26-27-60-55(36-43)63-53-25-22-41(40-18-14-12-15-19-40)30-52(53)51-24-23-49(38-54(51)63)64-50-35-46(59(10,11)42-20-16-13-17-21-42)34-48(37-50)62-29-28-61(39-62)47-32-44(57(4,5)6)31-45(33-47)58(7,8)9;/h12-36,39H,1-11H3;/q-3;. The summed E-state index contributed by atoms with van der Waals surface area (Å²) in [7, 11) is 0. The molecule has 6 heteroatoms. The fourth-order valence-electron chi connectivity index (χ4n) is 8.54. The van der Waals surface area contributed by atoms with Gasteiger partial charge in [0.25, 0.3) is 0 Å². The SMILES string of the molecule is CC(C)(C)c1cc(N2C=CN(c3[c-]c(Oc4[c-]c5c(cc4)c4cc(-c6ccccc6)ccc4n5-c4cc(C(C)(C)C)ccn4)cc(C(C)(C)c4ccccc4)c3)[CH-]2)cc(C(C)(C)C)c1.[Pt]. The van der Waals surface area contributed by atoms with E-state index in [0.717, 1.165) is 50.1 Å². The van der Waals surface area contributed by atoms with E-state index >= 15 is 0 Å². The summed E-state index contributed by atoms with van der Waals surface area (Å²) in [5, 5.41) is 2.21. The van der Waals surface area contributed by atoms with Gasteiger partial charge in [-0.2, -0.15) is 6.07 Å². The van der Waals surface area contributed by atoms with E-state index in [4.69, 9.17) is 9.72 Å². The first-order valence-corrected chi connectivity index (χ1v) is 22.4. The maximum Gasteiger partial charge on any atom is 0.135 e. The van der Waals surface area contributed by atoms with Gasteiger partial charge in [0.15, 0.2) is 0 Å². The molecule has 0 amide bonds. The Morgan fingerprint density at radius 1 is 0.508 bits per heavy atom. The van der Waals surface area contributed by atoms with Crippen LogP contribution in [-0.2, 0) is 42.7 Å². The molecule has 1 aliphatic rings. The van der Waals surface area contributed by atoms with Gasteiger partial charge in [-0.1, -0.05) is 161 Å². The topological polar surface area (TPSA) is 33.5 Å². The summed E-state index contributed by atoms with van der Waals surface area (Å²) in [6.07, 6.45) is 6.15. The molecule has 8 aromatic rings. The van der Waals surface area contributed by atoms with Gasteiger partial charge in [0.05, 0.1) is 0 Å². The average Bonchev–Trinajstić information content (AvgIpc) is 3.89. The van der Waals surface area contributed by atoms with Gasteiger partial charge in [-0.15, -0.1) is 53.6 Å². The molecule has 0 spiro atoms. The third-order valence-electron chi connectivity index (χ3n) is 12.7. The van der Waals surface area contributed by atoms with E-state index in [0.29, 0.717) is 11.5 Å². The number of fused-ring (bicyclic) bond motifs is 3. The van der Waals surface area contributed by atoms with Crippen molar-refractivity contribution in [2.24, 2.45) is 0 Å². The van der Waals surface area contributed by atoms with E-state index in [9.17, 15) is 0 Å². The summed E-state index contributed by atoms with van der Waals surface area (Å²) < 4.78 is 9.14. The summed E-state index contributed by atoms with van der Waals surface area (Å²) in [5.74, 6) is 2.05. The van der Waals surface area contributed by atoms with Crippen LogP contribution in [0.4, 0.5) is 11.4 Å². The molecule has 0 saturated heterocycles. The summed E-state index contributed by atoms with van der Waals surface area (Å²) in [6.45, 7) is 27.1. The third-order valence-corrected chi connectivity index (χ3v) is 12.7. The summed E-state index contributed by atoms with van der Waals surface area (Å²) in [6, 6.07) is 55.2. The first-order chi connectivity index (χ1) is 30.3. The van der Waals surface area contributed by atoms with Gasteiger partial charge in [-0.25, -0.2) is 4.98 Å². The number of aromatic nitrogens is 2. The van der Waals surface area contributed by atoms with Crippen LogP contribution in [0.25, 0.3) is 38.8 Å². The molecule has 0 aliphatic carbocycles. The molecule has 5 nitrogen and oxygen atoms in total. The maximum absolute atomic E-state index is 6.91. The maximum atomic E-state index is 6.91. The second kappa shape index (κ2) is 17.1. The van der Waals surface area contributed by atoms with E-state index in [1.807, 2.05) is 12.3 Å². The van der Waals surface area contributed by atoms with Gasteiger partial charge in [0.2, 0.25) is 0 Å². The number of hydrogen-bond acceptors (Lipinski definition) is 4. The average molecular weight is 1040 g/mol. The first-order valence-electron chi connectivity index (χ1n) is 22.4. The predicted molar refractivity (Wildman–Crippen MR) is 268 cm³/mol. The van der Waals surface area contributed by atoms with Crippen LogP contribution in [0.2, 0.25) is 0 Å². The minimum absolute atomic E-state index is 0. The van der Waals surface area contributed by atoms with Crippen LogP contribution in [-0.4, -0.2) is 9.55 Å². The van der Waals surface area contributed by atoms with Gasteiger partial charge >= 0.3 is 0 Å². The van der Waals surface area contributed by atoms with Crippen molar-refractivity contribution in [2.45, 2.75) is 97.8 Å². The van der Waals surface area contributed by atoms with Gasteiger partial charge in [0, 0.05) is 50.0 Å². The molecule has 2 aromatic heterocycles. The molecular formula is C59H59N4OPt-3. The van der Waals surface area contributed by atoms with Gasteiger partial charge in [-0.3, -0.25) is 0 Å². The fraction of sp³-hybridized carbons (Fsp3) is 0.254. The zero-order chi connectivity index (χ0) is 45.2.